The van der Waals surface area contributed by atoms with Crippen molar-refractivity contribution in [2.45, 2.75) is 6.42 Å². The van der Waals surface area contributed by atoms with E-state index in [0.717, 1.165) is 13.0 Å². The van der Waals surface area contributed by atoms with Crippen LogP contribution in [0.5, 0.6) is 0 Å². The molecule has 1 N–H and O–H groups in total. The predicted octanol–water partition coefficient (Wildman–Crippen LogP) is 0.574. The summed E-state index contributed by atoms with van der Waals surface area (Å²) in [5.41, 5.74) is 0. The second-order valence-electron chi connectivity index (χ2n) is 1.25. The van der Waals surface area contributed by atoms with Crippen LogP contribution in [0.2, 0.25) is 0 Å². The van der Waals surface area contributed by atoms with Crippen LogP contribution >= 0.6 is 0 Å². The van der Waals surface area contributed by atoms with Crippen LogP contribution in [0.3, 0.4) is 0 Å². The van der Waals surface area contributed by atoms with E-state index in [-0.39, 0.29) is 27.7 Å². The molecule has 0 aromatic carbocycles. The second kappa shape index (κ2) is 10.6. The predicted molar refractivity (Wildman–Crippen MR) is 30.2 cm³/mol. The smallest absolute Gasteiger partial charge is 0.662 e. The molecule has 0 aromatic rings. The van der Waals surface area contributed by atoms with Gasteiger partial charge in [0.1, 0.15) is 0 Å². The maximum atomic E-state index is 8.18. The number of hydrogen-bond donors (Lipinski definition) is 1. The molecule has 0 saturated heterocycles. The van der Waals surface area contributed by atoms with Crippen LogP contribution < -0.4 is 0 Å². The third-order valence-electron chi connectivity index (χ3n) is 0.574. The van der Waals surface area contributed by atoms with E-state index in [1.807, 2.05) is 0 Å². The number of aliphatic hydroxyl groups is 1. The molecule has 2 nitrogen and oxygen atoms in total. The van der Waals surface area contributed by atoms with Gasteiger partial charge < -0.3 is 17.3 Å². The molecule has 0 fully saturated rings. The first-order valence-electron chi connectivity index (χ1n) is 2.45. The van der Waals surface area contributed by atoms with Gasteiger partial charge in [-0.05, 0) is 0 Å². The zero-order valence-electron chi connectivity index (χ0n) is 4.84. The number of rotatable bonds is 4. The van der Waals surface area contributed by atoms with Gasteiger partial charge in [-0.3, -0.25) is 0 Å². The van der Waals surface area contributed by atoms with E-state index >= 15 is 0 Å². The van der Waals surface area contributed by atoms with Crippen LogP contribution in [0.25, 0.3) is 5.32 Å². The summed E-state index contributed by atoms with van der Waals surface area (Å²) in [6, 6.07) is 0. The first kappa shape index (κ1) is 11.4. The molecular weight excluding hydrogens is 274 g/mol. The van der Waals surface area contributed by atoms with Gasteiger partial charge >= 0.3 is 21.1 Å². The van der Waals surface area contributed by atoms with Crippen molar-refractivity contribution in [1.29, 1.82) is 0 Å². The van der Waals surface area contributed by atoms with Crippen LogP contribution in [0.4, 0.5) is 0 Å². The normalized spacial score (nSPS) is 8.25. The zero-order valence-corrected chi connectivity index (χ0v) is 7.77. The molecule has 8 heavy (non-hydrogen) atoms. The van der Waals surface area contributed by atoms with Gasteiger partial charge in [-0.1, -0.05) is 0 Å². The Morgan fingerprint density at radius 1 is 1.38 bits per heavy atom. The summed E-state index contributed by atoms with van der Waals surface area (Å²) in [5.74, 6) is 0. The van der Waals surface area contributed by atoms with Gasteiger partial charge in [0.15, 0.2) is 0 Å². The molecular formula is C5H11NOW. The van der Waals surface area contributed by atoms with Crippen molar-refractivity contribution in [2.24, 2.45) is 0 Å². The number of aliphatic hydroxyl groups excluding tert-OH is 1. The quantitative estimate of drug-likeness (QED) is 0.595. The Morgan fingerprint density at radius 2 is 2.00 bits per heavy atom. The van der Waals surface area contributed by atoms with E-state index in [2.05, 4.69) is 12.2 Å². The van der Waals surface area contributed by atoms with Gasteiger partial charge in [0.05, 0.1) is 0 Å². The zero-order chi connectivity index (χ0) is 5.54. The fraction of sp³-hybridized carbons (Fsp3) is 0.800. The van der Waals surface area contributed by atoms with Gasteiger partial charge in [0, 0.05) is 6.61 Å². The Kier molecular flexibility index (Phi) is 15.1. The maximum absolute atomic E-state index is 8.18. The average molecular weight is 285 g/mol. The number of nitrogens with zero attached hydrogens (tertiary/aromatic N) is 1. The molecule has 3 heteroatoms. The van der Waals surface area contributed by atoms with Crippen molar-refractivity contribution in [3.63, 3.8) is 0 Å². The van der Waals surface area contributed by atoms with Crippen molar-refractivity contribution in [3.05, 3.63) is 12.2 Å². The van der Waals surface area contributed by atoms with E-state index in [1.165, 1.54) is 0 Å². The van der Waals surface area contributed by atoms with Gasteiger partial charge in [-0.15, -0.1) is 6.54 Å². The Balaban J connectivity index is 0. The van der Waals surface area contributed by atoms with E-state index in [0.29, 0.717) is 6.54 Å². The molecule has 0 aliphatic heterocycles. The Bertz CT molecular complexity index is 31.6. The summed E-state index contributed by atoms with van der Waals surface area (Å²) in [6.07, 6.45) is 0.833. The summed E-state index contributed by atoms with van der Waals surface area (Å²) < 4.78 is 0. The third kappa shape index (κ3) is 9.79. The minimum absolute atomic E-state index is 0. The van der Waals surface area contributed by atoms with Crippen LogP contribution in [-0.4, -0.2) is 24.8 Å². The van der Waals surface area contributed by atoms with Crippen molar-refractivity contribution >= 4 is 0 Å². The fourth-order valence-electron chi connectivity index (χ4n) is 0.294. The molecule has 0 aliphatic rings. The fourth-order valence-corrected chi connectivity index (χ4v) is 0.294. The van der Waals surface area contributed by atoms with E-state index in [1.54, 1.807) is 0 Å². The minimum Gasteiger partial charge on any atom is -0.662 e. The summed E-state index contributed by atoms with van der Waals surface area (Å²) in [5, 5.41) is 12.1. The van der Waals surface area contributed by atoms with Gasteiger partial charge in [0.2, 0.25) is 0 Å². The van der Waals surface area contributed by atoms with Crippen LogP contribution in [0.1, 0.15) is 6.42 Å². The molecule has 0 radical (unpaired) electrons. The van der Waals surface area contributed by atoms with Crippen LogP contribution in [-0.2, 0) is 21.1 Å². The first-order chi connectivity index (χ1) is 3.41. The van der Waals surface area contributed by atoms with Crippen LogP contribution in [0.15, 0.2) is 0 Å². The second-order valence-corrected chi connectivity index (χ2v) is 1.25. The largest absolute Gasteiger partial charge is 2.00 e. The van der Waals surface area contributed by atoms with E-state index in [4.69, 9.17) is 5.11 Å². The molecule has 0 bridgehead atoms. The summed E-state index contributed by atoms with van der Waals surface area (Å²) in [6.45, 7) is 5.09. The summed E-state index contributed by atoms with van der Waals surface area (Å²) in [4.78, 5) is 0. The SMILES string of the molecule is [CH2-]CC[N-]CCO.[W+2]. The molecule has 0 aliphatic carbocycles. The van der Waals surface area contributed by atoms with Gasteiger partial charge in [-0.25, -0.2) is 6.42 Å². The standard InChI is InChI=1S/C5H11NO.W/c1-2-3-6-4-5-7;/h7H,1-5H2;/q-2;+2. The van der Waals surface area contributed by atoms with Crippen molar-refractivity contribution in [2.75, 3.05) is 19.7 Å². The molecule has 48 valence electrons. The Morgan fingerprint density at radius 3 is 2.38 bits per heavy atom. The molecule has 0 saturated carbocycles. The Labute approximate surface area is 64.9 Å². The maximum Gasteiger partial charge on any atom is 2.00 e. The summed E-state index contributed by atoms with van der Waals surface area (Å²) >= 11 is 0. The van der Waals surface area contributed by atoms with Crippen LogP contribution in [0, 0.1) is 6.92 Å². The van der Waals surface area contributed by atoms with Crippen molar-refractivity contribution in [3.8, 4) is 0 Å². The van der Waals surface area contributed by atoms with Gasteiger partial charge in [0.25, 0.3) is 0 Å². The molecule has 0 spiro atoms. The molecule has 0 rings (SSSR count). The van der Waals surface area contributed by atoms with E-state index < -0.39 is 0 Å². The summed E-state index contributed by atoms with van der Waals surface area (Å²) in [7, 11) is 0. The molecule has 0 heterocycles. The molecule has 0 unspecified atom stereocenters. The first-order valence-corrected chi connectivity index (χ1v) is 2.45. The monoisotopic (exact) mass is 285 g/mol. The third-order valence-corrected chi connectivity index (χ3v) is 0.574. The van der Waals surface area contributed by atoms with Gasteiger partial charge in [-0.2, -0.15) is 6.54 Å². The Hall–Kier alpha value is 0.608. The minimum atomic E-state index is 0. The average Bonchev–Trinajstić information content (AvgIpc) is 1.69. The van der Waals surface area contributed by atoms with Crippen molar-refractivity contribution < 1.29 is 26.2 Å². The topological polar surface area (TPSA) is 34.3 Å². The molecule has 0 amide bonds. The van der Waals surface area contributed by atoms with E-state index in [9.17, 15) is 0 Å². The van der Waals surface area contributed by atoms with Crippen molar-refractivity contribution in [1.82, 2.24) is 0 Å². The molecule has 0 atom stereocenters. The number of hydrogen-bond acceptors (Lipinski definition) is 1. The molecule has 0 aromatic heterocycles.